The van der Waals surface area contributed by atoms with Crippen molar-refractivity contribution in [2.45, 2.75) is 24.8 Å². The Morgan fingerprint density at radius 3 is 2.24 bits per heavy atom. The van der Waals surface area contributed by atoms with Crippen LogP contribution in [0.15, 0.2) is 6.07 Å². The van der Waals surface area contributed by atoms with Crippen LogP contribution in [0.25, 0.3) is 0 Å². The van der Waals surface area contributed by atoms with Gasteiger partial charge in [0, 0.05) is 0 Å². The second-order valence-corrected chi connectivity index (χ2v) is 3.96. The van der Waals surface area contributed by atoms with Crippen molar-refractivity contribution in [3.05, 3.63) is 23.0 Å². The van der Waals surface area contributed by atoms with E-state index >= 15 is 0 Å². The van der Waals surface area contributed by atoms with Gasteiger partial charge in [0.15, 0.2) is 5.75 Å². The maximum atomic E-state index is 12.7. The molecule has 0 radical (unpaired) electrons. The lowest BCUT2D eigenvalue weighted by Crippen LogP contribution is -2.21. The summed E-state index contributed by atoms with van der Waals surface area (Å²) in [5, 5.41) is 8.52. The van der Waals surface area contributed by atoms with Crippen molar-refractivity contribution in [2.24, 2.45) is 0 Å². The fourth-order valence-corrected chi connectivity index (χ4v) is 1.62. The van der Waals surface area contributed by atoms with Crippen molar-refractivity contribution in [1.29, 1.82) is 0 Å². The quantitative estimate of drug-likeness (QED) is 0.676. The van der Waals surface area contributed by atoms with Crippen LogP contribution < -0.4 is 4.74 Å². The Kier molecular flexibility index (Phi) is 4.92. The van der Waals surface area contributed by atoms with Crippen molar-refractivity contribution in [2.75, 3.05) is 0 Å². The molecule has 1 heterocycles. The second-order valence-electron chi connectivity index (χ2n) is 3.69. The normalized spacial score (nSPS) is 12.3. The lowest BCUT2D eigenvalue weighted by molar-refractivity contribution is -0.275. The van der Waals surface area contributed by atoms with Crippen LogP contribution in [0.1, 0.15) is 17.0 Å². The third kappa shape index (κ3) is 4.96. The molecule has 0 aliphatic carbocycles. The summed E-state index contributed by atoms with van der Waals surface area (Å²) in [5.74, 6) is -3.51. The highest BCUT2D eigenvalue weighted by Crippen LogP contribution is 2.35. The summed E-state index contributed by atoms with van der Waals surface area (Å²) >= 11 is 5.25. The molecule has 0 aliphatic rings. The number of ether oxygens (including phenoxy) is 1. The van der Waals surface area contributed by atoms with Crippen LogP contribution >= 0.6 is 11.6 Å². The summed E-state index contributed by atoms with van der Waals surface area (Å²) in [4.78, 5) is 13.5. The molecule has 21 heavy (non-hydrogen) atoms. The Hall–Kier alpha value is -1.71. The van der Waals surface area contributed by atoms with E-state index in [9.17, 15) is 31.1 Å². The zero-order chi connectivity index (χ0) is 16.4. The van der Waals surface area contributed by atoms with E-state index in [0.717, 1.165) is 0 Å². The molecule has 1 aromatic rings. The van der Waals surface area contributed by atoms with Gasteiger partial charge in [0.2, 0.25) is 0 Å². The van der Waals surface area contributed by atoms with Gasteiger partial charge < -0.3 is 9.84 Å². The first kappa shape index (κ1) is 17.3. The number of carboxylic acid groups (broad SMARTS) is 1. The van der Waals surface area contributed by atoms with Crippen molar-refractivity contribution in [1.82, 2.24) is 4.98 Å². The van der Waals surface area contributed by atoms with E-state index in [0.29, 0.717) is 6.07 Å². The highest BCUT2D eigenvalue weighted by atomic mass is 35.5. The maximum Gasteiger partial charge on any atom is 0.573 e. The Morgan fingerprint density at radius 1 is 1.29 bits per heavy atom. The molecule has 4 nitrogen and oxygen atoms in total. The molecule has 1 aromatic heterocycles. The highest BCUT2D eigenvalue weighted by molar-refractivity contribution is 6.17. The summed E-state index contributed by atoms with van der Waals surface area (Å²) in [7, 11) is 0. The third-order valence-electron chi connectivity index (χ3n) is 2.10. The standard InChI is InChI=1S/C10H6ClF6NO3/c11-3-5-6(21-10(15,16)17)1-4(2-7(19)20)8(18-5)9(12,13)14/h1H,2-3H2,(H,19,20). The van der Waals surface area contributed by atoms with Gasteiger partial charge in [-0.25, -0.2) is 4.98 Å². The number of rotatable bonds is 4. The van der Waals surface area contributed by atoms with Crippen LogP contribution in [0.4, 0.5) is 26.3 Å². The van der Waals surface area contributed by atoms with E-state index in [-0.39, 0.29) is 0 Å². The molecule has 0 atom stereocenters. The van der Waals surface area contributed by atoms with Crippen LogP contribution in [0.3, 0.4) is 0 Å². The molecule has 118 valence electrons. The molecule has 0 spiro atoms. The van der Waals surface area contributed by atoms with Gasteiger partial charge in [-0.2, -0.15) is 13.2 Å². The summed E-state index contributed by atoms with van der Waals surface area (Å²) in [6.07, 6.45) is -11.4. The highest BCUT2D eigenvalue weighted by Gasteiger charge is 2.38. The molecule has 0 aromatic carbocycles. The third-order valence-corrected chi connectivity index (χ3v) is 2.36. The number of carboxylic acids is 1. The number of halogens is 7. The fourth-order valence-electron chi connectivity index (χ4n) is 1.42. The summed E-state index contributed by atoms with van der Waals surface area (Å²) in [6, 6.07) is 0.329. The monoisotopic (exact) mass is 337 g/mol. The summed E-state index contributed by atoms with van der Waals surface area (Å²) in [6.45, 7) is 0. The Bertz CT molecular complexity index is 543. The zero-order valence-corrected chi connectivity index (χ0v) is 10.6. The smallest absolute Gasteiger partial charge is 0.481 e. The number of nitrogens with zero attached hydrogens (tertiary/aromatic N) is 1. The molecule has 0 saturated carbocycles. The summed E-state index contributed by atoms with van der Waals surface area (Å²) in [5.41, 5.74) is -3.37. The van der Waals surface area contributed by atoms with Gasteiger partial charge in [0.1, 0.15) is 5.69 Å². The van der Waals surface area contributed by atoms with Gasteiger partial charge in [0.25, 0.3) is 0 Å². The minimum atomic E-state index is -5.18. The van der Waals surface area contributed by atoms with E-state index in [4.69, 9.17) is 16.7 Å². The molecule has 0 aliphatic heterocycles. The van der Waals surface area contributed by atoms with Crippen LogP contribution in [-0.2, 0) is 23.3 Å². The van der Waals surface area contributed by atoms with E-state index in [1.807, 2.05) is 0 Å². The molecular formula is C10H6ClF6NO3. The van der Waals surface area contributed by atoms with Crippen molar-refractivity contribution >= 4 is 17.6 Å². The number of aliphatic carboxylic acids is 1. The molecule has 0 amide bonds. The number of hydrogen-bond donors (Lipinski definition) is 1. The molecule has 0 saturated heterocycles. The number of carbonyl (C=O) groups is 1. The van der Waals surface area contributed by atoms with Crippen LogP contribution in [0.2, 0.25) is 0 Å². The first-order valence-electron chi connectivity index (χ1n) is 5.07. The Balaban J connectivity index is 3.44. The van der Waals surface area contributed by atoms with Crippen molar-refractivity contribution in [3.63, 3.8) is 0 Å². The lowest BCUT2D eigenvalue weighted by atomic mass is 10.1. The van der Waals surface area contributed by atoms with Crippen LogP contribution in [-0.4, -0.2) is 22.4 Å². The lowest BCUT2D eigenvalue weighted by Gasteiger charge is -2.16. The van der Waals surface area contributed by atoms with Crippen molar-refractivity contribution < 1.29 is 41.0 Å². The van der Waals surface area contributed by atoms with Crippen LogP contribution in [0.5, 0.6) is 5.75 Å². The van der Waals surface area contributed by atoms with E-state index in [1.165, 1.54) is 0 Å². The van der Waals surface area contributed by atoms with Crippen molar-refractivity contribution in [3.8, 4) is 5.75 Å². The average molecular weight is 338 g/mol. The van der Waals surface area contributed by atoms with Gasteiger partial charge in [0.05, 0.1) is 18.0 Å². The number of hydrogen-bond acceptors (Lipinski definition) is 3. The molecule has 0 bridgehead atoms. The topological polar surface area (TPSA) is 59.4 Å². The predicted molar refractivity (Wildman–Crippen MR) is 56.8 cm³/mol. The molecule has 1 rings (SSSR count). The Morgan fingerprint density at radius 2 is 1.86 bits per heavy atom. The first-order chi connectivity index (χ1) is 9.44. The number of aromatic nitrogens is 1. The maximum absolute atomic E-state index is 12.7. The predicted octanol–water partition coefficient (Wildman–Crippen LogP) is 3.36. The van der Waals surface area contributed by atoms with Crippen LogP contribution in [0, 0.1) is 0 Å². The largest absolute Gasteiger partial charge is 0.573 e. The van der Waals surface area contributed by atoms with Gasteiger partial charge in [-0.05, 0) is 11.6 Å². The SMILES string of the molecule is O=C(O)Cc1cc(OC(F)(F)F)c(CCl)nc1C(F)(F)F. The van der Waals surface area contributed by atoms with Gasteiger partial charge in [-0.15, -0.1) is 24.8 Å². The zero-order valence-electron chi connectivity index (χ0n) is 9.85. The molecular weight excluding hydrogens is 332 g/mol. The fraction of sp³-hybridized carbons (Fsp3) is 0.400. The molecule has 1 N–H and O–H groups in total. The molecule has 0 unspecified atom stereocenters. The Labute approximate surface area is 118 Å². The number of pyridine rings is 1. The van der Waals surface area contributed by atoms with E-state index in [2.05, 4.69) is 9.72 Å². The van der Waals surface area contributed by atoms with Gasteiger partial charge >= 0.3 is 18.5 Å². The van der Waals surface area contributed by atoms with Gasteiger partial charge in [-0.3, -0.25) is 4.79 Å². The second kappa shape index (κ2) is 5.96. The average Bonchev–Trinajstić information content (AvgIpc) is 2.24. The summed E-state index contributed by atoms with van der Waals surface area (Å²) < 4.78 is 78.1. The van der Waals surface area contributed by atoms with E-state index < -0.39 is 53.5 Å². The molecule has 0 fully saturated rings. The number of alkyl halides is 7. The molecule has 11 heteroatoms. The first-order valence-corrected chi connectivity index (χ1v) is 5.61. The minimum Gasteiger partial charge on any atom is -0.481 e. The minimum absolute atomic E-state index is 0.329. The van der Waals surface area contributed by atoms with Gasteiger partial charge in [-0.1, -0.05) is 0 Å². The van der Waals surface area contributed by atoms with E-state index in [1.54, 1.807) is 0 Å².